The number of pyridine rings is 1. The van der Waals surface area contributed by atoms with Crippen LogP contribution in [-0.2, 0) is 6.42 Å². The molecule has 0 bridgehead atoms. The molecule has 1 aromatic carbocycles. The summed E-state index contributed by atoms with van der Waals surface area (Å²) in [6, 6.07) is 15.7. The lowest BCUT2D eigenvalue weighted by atomic mass is 10.1. The number of fused-ring (bicyclic) bond motifs is 1. The number of benzene rings is 1. The van der Waals surface area contributed by atoms with Crippen LogP contribution < -0.4 is 16.4 Å². The maximum atomic E-state index is 6.40. The van der Waals surface area contributed by atoms with Gasteiger partial charge >= 0.3 is 0 Å². The Morgan fingerprint density at radius 1 is 1.03 bits per heavy atom. The SMILES string of the molecule is N[C@H](CNc1nc(-c2ccncc2)nc2c(Nc3ccon3)csc12)Cc1ccccc1. The average Bonchev–Trinajstić information content (AvgIpc) is 3.49. The van der Waals surface area contributed by atoms with E-state index in [-0.39, 0.29) is 6.04 Å². The van der Waals surface area contributed by atoms with Crippen LogP contribution in [-0.4, -0.2) is 32.7 Å². The zero-order chi connectivity index (χ0) is 21.8. The zero-order valence-electron chi connectivity index (χ0n) is 17.1. The van der Waals surface area contributed by atoms with Crippen molar-refractivity contribution in [2.45, 2.75) is 12.5 Å². The molecule has 5 rings (SSSR count). The molecule has 0 aliphatic rings. The fraction of sp³-hybridized carbons (Fsp3) is 0.130. The van der Waals surface area contributed by atoms with Gasteiger partial charge in [-0.2, -0.15) is 0 Å². The van der Waals surface area contributed by atoms with Gasteiger partial charge in [0.2, 0.25) is 0 Å². The van der Waals surface area contributed by atoms with Gasteiger partial charge in [0.25, 0.3) is 0 Å². The predicted octanol–water partition coefficient (Wildman–Crippen LogP) is 4.47. The van der Waals surface area contributed by atoms with Crippen molar-refractivity contribution in [3.8, 4) is 11.4 Å². The van der Waals surface area contributed by atoms with Crippen molar-refractivity contribution in [1.29, 1.82) is 0 Å². The third-order valence-corrected chi connectivity index (χ3v) is 5.90. The van der Waals surface area contributed by atoms with Crippen molar-refractivity contribution in [3.63, 3.8) is 0 Å². The molecule has 0 radical (unpaired) electrons. The van der Waals surface area contributed by atoms with Crippen LogP contribution >= 0.6 is 11.3 Å². The molecule has 160 valence electrons. The molecule has 4 heterocycles. The predicted molar refractivity (Wildman–Crippen MR) is 127 cm³/mol. The zero-order valence-corrected chi connectivity index (χ0v) is 17.9. The highest BCUT2D eigenvalue weighted by Crippen LogP contribution is 2.36. The number of anilines is 3. The highest BCUT2D eigenvalue weighted by molar-refractivity contribution is 7.18. The normalized spacial score (nSPS) is 12.0. The van der Waals surface area contributed by atoms with Crippen LogP contribution in [0.3, 0.4) is 0 Å². The molecule has 0 aliphatic carbocycles. The van der Waals surface area contributed by atoms with Gasteiger partial charge in [-0.05, 0) is 24.1 Å². The van der Waals surface area contributed by atoms with E-state index in [4.69, 9.17) is 20.2 Å². The van der Waals surface area contributed by atoms with E-state index >= 15 is 0 Å². The number of hydrogen-bond donors (Lipinski definition) is 3. The first-order valence-electron chi connectivity index (χ1n) is 10.2. The maximum absolute atomic E-state index is 6.40. The Morgan fingerprint density at radius 2 is 1.88 bits per heavy atom. The fourth-order valence-corrected chi connectivity index (χ4v) is 4.29. The molecular weight excluding hydrogens is 422 g/mol. The molecule has 0 unspecified atom stereocenters. The first-order chi connectivity index (χ1) is 15.8. The molecule has 4 aromatic heterocycles. The van der Waals surface area contributed by atoms with E-state index in [0.717, 1.165) is 33.7 Å². The molecule has 32 heavy (non-hydrogen) atoms. The molecule has 1 atom stereocenters. The largest absolute Gasteiger partial charge is 0.367 e. The number of rotatable bonds is 8. The number of thiophene rings is 1. The van der Waals surface area contributed by atoms with E-state index in [2.05, 4.69) is 32.9 Å². The Kier molecular flexibility index (Phi) is 5.73. The van der Waals surface area contributed by atoms with E-state index in [9.17, 15) is 0 Å². The van der Waals surface area contributed by atoms with Gasteiger partial charge in [0, 0.05) is 42.0 Å². The quantitative estimate of drug-likeness (QED) is 0.322. The van der Waals surface area contributed by atoms with Crippen molar-refractivity contribution >= 4 is 38.9 Å². The topological polar surface area (TPSA) is 115 Å². The van der Waals surface area contributed by atoms with Crippen LogP contribution in [0.5, 0.6) is 0 Å². The van der Waals surface area contributed by atoms with Crippen LogP contribution in [0.2, 0.25) is 0 Å². The molecule has 0 amide bonds. The van der Waals surface area contributed by atoms with E-state index < -0.39 is 0 Å². The van der Waals surface area contributed by atoms with Gasteiger partial charge < -0.3 is 20.9 Å². The van der Waals surface area contributed by atoms with Gasteiger partial charge in [-0.3, -0.25) is 4.98 Å². The summed E-state index contributed by atoms with van der Waals surface area (Å²) in [4.78, 5) is 13.7. The van der Waals surface area contributed by atoms with Crippen molar-refractivity contribution in [2.24, 2.45) is 5.73 Å². The van der Waals surface area contributed by atoms with Gasteiger partial charge in [0.1, 0.15) is 17.6 Å². The van der Waals surface area contributed by atoms with Crippen LogP contribution in [0, 0.1) is 0 Å². The van der Waals surface area contributed by atoms with E-state index in [1.165, 1.54) is 11.8 Å². The first kappa shape index (κ1) is 20.1. The number of nitrogens with two attached hydrogens (primary N) is 1. The van der Waals surface area contributed by atoms with Gasteiger partial charge in [-0.15, -0.1) is 11.3 Å². The van der Waals surface area contributed by atoms with Crippen molar-refractivity contribution in [2.75, 3.05) is 17.2 Å². The number of aromatic nitrogens is 4. The third kappa shape index (κ3) is 4.43. The third-order valence-electron chi connectivity index (χ3n) is 4.93. The van der Waals surface area contributed by atoms with Gasteiger partial charge in [0.15, 0.2) is 11.6 Å². The minimum Gasteiger partial charge on any atom is -0.367 e. The summed E-state index contributed by atoms with van der Waals surface area (Å²) in [6.07, 6.45) is 5.76. The highest BCUT2D eigenvalue weighted by atomic mass is 32.1. The summed E-state index contributed by atoms with van der Waals surface area (Å²) < 4.78 is 5.88. The fourth-order valence-electron chi connectivity index (χ4n) is 3.39. The summed E-state index contributed by atoms with van der Waals surface area (Å²) in [6.45, 7) is 0.584. The Hall–Kier alpha value is -3.82. The monoisotopic (exact) mass is 443 g/mol. The smallest absolute Gasteiger partial charge is 0.173 e. The molecule has 0 aliphatic heterocycles. The minimum absolute atomic E-state index is 0.0560. The van der Waals surface area contributed by atoms with Gasteiger partial charge in [0.05, 0.1) is 10.4 Å². The standard InChI is InChI=1S/C23H21N7OS/c24-17(12-15-4-2-1-3-5-15)13-26-23-21-20(18(14-32-21)27-19-8-11-31-30-19)28-22(29-23)16-6-9-25-10-7-16/h1-11,14,17H,12-13,24H2,(H,27,30)(H,26,28,29)/t17-/m0/s1. The lowest BCUT2D eigenvalue weighted by Gasteiger charge is -2.14. The van der Waals surface area contributed by atoms with Gasteiger partial charge in [-0.25, -0.2) is 9.97 Å². The van der Waals surface area contributed by atoms with Crippen molar-refractivity contribution < 1.29 is 4.52 Å². The summed E-state index contributed by atoms with van der Waals surface area (Å²) >= 11 is 1.56. The Bertz CT molecular complexity index is 1290. The lowest BCUT2D eigenvalue weighted by Crippen LogP contribution is -2.31. The van der Waals surface area contributed by atoms with Crippen molar-refractivity contribution in [1.82, 2.24) is 20.1 Å². The minimum atomic E-state index is -0.0560. The number of nitrogens with zero attached hydrogens (tertiary/aromatic N) is 4. The summed E-state index contributed by atoms with van der Waals surface area (Å²) in [5.41, 5.74) is 10.1. The Labute approximate surface area is 188 Å². The summed E-state index contributed by atoms with van der Waals surface area (Å²) in [7, 11) is 0. The van der Waals surface area contributed by atoms with Crippen LogP contribution in [0.1, 0.15) is 5.56 Å². The molecule has 8 nitrogen and oxygen atoms in total. The lowest BCUT2D eigenvalue weighted by molar-refractivity contribution is 0.423. The van der Waals surface area contributed by atoms with E-state index in [1.807, 2.05) is 35.7 Å². The molecule has 4 N–H and O–H groups in total. The molecule has 0 fully saturated rings. The van der Waals surface area contributed by atoms with Gasteiger partial charge in [-0.1, -0.05) is 35.5 Å². The number of hydrogen-bond acceptors (Lipinski definition) is 9. The summed E-state index contributed by atoms with van der Waals surface area (Å²) in [5.74, 6) is 1.98. The van der Waals surface area contributed by atoms with E-state index in [0.29, 0.717) is 18.2 Å². The second-order valence-corrected chi connectivity index (χ2v) is 8.18. The Balaban J connectivity index is 1.45. The molecule has 0 saturated heterocycles. The highest BCUT2D eigenvalue weighted by Gasteiger charge is 2.16. The molecule has 0 spiro atoms. The van der Waals surface area contributed by atoms with Crippen LogP contribution in [0.4, 0.5) is 17.3 Å². The first-order valence-corrected chi connectivity index (χ1v) is 11.0. The average molecular weight is 444 g/mol. The van der Waals surface area contributed by atoms with Crippen LogP contribution in [0.25, 0.3) is 21.6 Å². The maximum Gasteiger partial charge on any atom is 0.173 e. The Morgan fingerprint density at radius 3 is 2.66 bits per heavy atom. The second kappa shape index (κ2) is 9.13. The van der Waals surface area contributed by atoms with E-state index in [1.54, 1.807) is 29.8 Å². The van der Waals surface area contributed by atoms with Crippen LogP contribution in [0.15, 0.2) is 77.1 Å². The molecule has 9 heteroatoms. The number of nitrogens with one attached hydrogen (secondary N) is 2. The molecule has 0 saturated carbocycles. The second-order valence-electron chi connectivity index (χ2n) is 7.30. The molecule has 5 aromatic rings. The van der Waals surface area contributed by atoms with Crippen molar-refractivity contribution in [3.05, 3.63) is 78.1 Å². The molecular formula is C23H21N7OS. The summed E-state index contributed by atoms with van der Waals surface area (Å²) in [5, 5.41) is 12.6.